The van der Waals surface area contributed by atoms with Crippen LogP contribution in [0.2, 0.25) is 0 Å². The molecule has 0 heterocycles. The van der Waals surface area contributed by atoms with Crippen molar-refractivity contribution in [3.05, 3.63) is 24.3 Å². The first-order valence-electron chi connectivity index (χ1n) is 8.41. The molecule has 1 saturated carbocycles. The van der Waals surface area contributed by atoms with Crippen molar-refractivity contribution in [2.45, 2.75) is 77.4 Å². The third kappa shape index (κ3) is 7.25. The van der Waals surface area contributed by atoms with Gasteiger partial charge in [0.1, 0.15) is 0 Å². The van der Waals surface area contributed by atoms with Gasteiger partial charge in [-0.1, -0.05) is 57.4 Å². The Balaban J connectivity index is 2.36. The van der Waals surface area contributed by atoms with Crippen LogP contribution in [0.3, 0.4) is 0 Å². The van der Waals surface area contributed by atoms with Crippen molar-refractivity contribution in [3.8, 4) is 0 Å². The maximum atomic E-state index is 6.08. The number of allylic oxidation sites excluding steroid dienone is 2. The van der Waals surface area contributed by atoms with Crippen LogP contribution in [0.25, 0.3) is 0 Å². The van der Waals surface area contributed by atoms with Gasteiger partial charge in [-0.15, -0.1) is 0 Å². The quantitative estimate of drug-likeness (QED) is 0.394. The molecule has 1 aliphatic carbocycles. The van der Waals surface area contributed by atoms with Crippen LogP contribution in [0.15, 0.2) is 24.3 Å². The number of hydrogen-bond donors (Lipinski definition) is 0. The zero-order valence-electron chi connectivity index (χ0n) is 13.4. The summed E-state index contributed by atoms with van der Waals surface area (Å²) < 4.78 is 12.2. The lowest BCUT2D eigenvalue weighted by atomic mass is 9.94. The van der Waals surface area contributed by atoms with Gasteiger partial charge in [-0.2, -0.15) is 0 Å². The molecule has 0 saturated heterocycles. The van der Waals surface area contributed by atoms with Gasteiger partial charge in [0.2, 0.25) is 0 Å². The molecule has 0 unspecified atom stereocenters. The van der Waals surface area contributed by atoms with E-state index in [1.807, 2.05) is 0 Å². The largest absolute Gasteiger partial charge is 0.346 e. The summed E-state index contributed by atoms with van der Waals surface area (Å²) in [5, 5.41) is 0. The maximum Gasteiger partial charge on any atom is 0.169 e. The fourth-order valence-electron chi connectivity index (χ4n) is 2.53. The molecule has 0 aromatic carbocycles. The Kier molecular flexibility index (Phi) is 9.69. The maximum absolute atomic E-state index is 6.08. The van der Waals surface area contributed by atoms with Crippen LogP contribution in [0.4, 0.5) is 0 Å². The zero-order chi connectivity index (χ0) is 14.5. The van der Waals surface area contributed by atoms with E-state index in [1.165, 1.54) is 32.1 Å². The first kappa shape index (κ1) is 17.5. The van der Waals surface area contributed by atoms with Crippen molar-refractivity contribution in [3.63, 3.8) is 0 Å². The van der Waals surface area contributed by atoms with Gasteiger partial charge in [-0.05, 0) is 25.7 Å². The van der Waals surface area contributed by atoms with E-state index in [0.717, 1.165) is 25.7 Å². The second-order valence-electron chi connectivity index (χ2n) is 5.61. The highest BCUT2D eigenvalue weighted by atomic mass is 16.7. The number of unbranched alkanes of at least 4 members (excludes halogenated alkanes) is 2. The Morgan fingerprint density at radius 1 is 0.750 bits per heavy atom. The summed E-state index contributed by atoms with van der Waals surface area (Å²) in [6, 6.07) is 0. The Bertz CT molecular complexity index is 253. The van der Waals surface area contributed by atoms with E-state index >= 15 is 0 Å². The van der Waals surface area contributed by atoms with Gasteiger partial charge in [0, 0.05) is 12.8 Å². The van der Waals surface area contributed by atoms with E-state index in [0.29, 0.717) is 13.2 Å². The van der Waals surface area contributed by atoms with Crippen LogP contribution in [0.5, 0.6) is 0 Å². The molecule has 0 spiro atoms. The molecule has 0 aromatic rings. The molecular formula is C18H32O2. The Labute approximate surface area is 125 Å². The van der Waals surface area contributed by atoms with E-state index < -0.39 is 0 Å². The summed E-state index contributed by atoms with van der Waals surface area (Å²) in [7, 11) is 0. The number of ether oxygens (including phenoxy) is 2. The number of rotatable bonds is 10. The molecule has 1 fully saturated rings. The minimum Gasteiger partial charge on any atom is -0.346 e. The van der Waals surface area contributed by atoms with Gasteiger partial charge in [0.15, 0.2) is 5.79 Å². The molecule has 2 heteroatoms. The summed E-state index contributed by atoms with van der Waals surface area (Å²) in [5.41, 5.74) is 0. The lowest BCUT2D eigenvalue weighted by molar-refractivity contribution is -0.241. The Morgan fingerprint density at radius 2 is 1.25 bits per heavy atom. The van der Waals surface area contributed by atoms with Gasteiger partial charge in [-0.25, -0.2) is 0 Å². The predicted molar refractivity (Wildman–Crippen MR) is 85.8 cm³/mol. The van der Waals surface area contributed by atoms with E-state index in [9.17, 15) is 0 Å². The van der Waals surface area contributed by atoms with Crippen molar-refractivity contribution >= 4 is 0 Å². The molecule has 0 atom stereocenters. The average Bonchev–Trinajstić information content (AvgIpc) is 2.48. The molecule has 0 aliphatic heterocycles. The lowest BCUT2D eigenvalue weighted by Crippen LogP contribution is -2.38. The second kappa shape index (κ2) is 11.1. The molecule has 20 heavy (non-hydrogen) atoms. The highest BCUT2D eigenvalue weighted by molar-refractivity contribution is 4.86. The molecule has 0 amide bonds. The smallest absolute Gasteiger partial charge is 0.169 e. The fourth-order valence-corrected chi connectivity index (χ4v) is 2.53. The van der Waals surface area contributed by atoms with Crippen LogP contribution < -0.4 is 0 Å². The van der Waals surface area contributed by atoms with Crippen LogP contribution in [-0.2, 0) is 9.47 Å². The van der Waals surface area contributed by atoms with Gasteiger partial charge < -0.3 is 9.47 Å². The van der Waals surface area contributed by atoms with E-state index in [1.54, 1.807) is 0 Å². The molecule has 1 rings (SSSR count). The van der Waals surface area contributed by atoms with Crippen molar-refractivity contribution in [1.82, 2.24) is 0 Å². The fraction of sp³-hybridized carbons (Fsp3) is 0.778. The summed E-state index contributed by atoms with van der Waals surface area (Å²) in [4.78, 5) is 0. The molecule has 0 aromatic heterocycles. The predicted octanol–water partition coefficient (Wildman–Crippen LogP) is 5.39. The summed E-state index contributed by atoms with van der Waals surface area (Å²) >= 11 is 0. The van der Waals surface area contributed by atoms with Crippen molar-refractivity contribution in [1.29, 1.82) is 0 Å². The summed E-state index contributed by atoms with van der Waals surface area (Å²) in [6.07, 6.45) is 19.2. The zero-order valence-corrected chi connectivity index (χ0v) is 13.4. The topological polar surface area (TPSA) is 18.5 Å². The molecular weight excluding hydrogens is 248 g/mol. The summed E-state index contributed by atoms with van der Waals surface area (Å²) in [6.45, 7) is 5.75. The van der Waals surface area contributed by atoms with Crippen LogP contribution in [0, 0.1) is 0 Å². The summed E-state index contributed by atoms with van der Waals surface area (Å²) in [5.74, 6) is -0.328. The van der Waals surface area contributed by atoms with Crippen LogP contribution in [0.1, 0.15) is 71.6 Å². The molecule has 0 radical (unpaired) electrons. The minimum absolute atomic E-state index is 0.328. The highest BCUT2D eigenvalue weighted by Crippen LogP contribution is 2.32. The van der Waals surface area contributed by atoms with Crippen molar-refractivity contribution < 1.29 is 9.47 Å². The van der Waals surface area contributed by atoms with E-state index in [2.05, 4.69) is 38.2 Å². The van der Waals surface area contributed by atoms with Gasteiger partial charge in [0.25, 0.3) is 0 Å². The van der Waals surface area contributed by atoms with Crippen molar-refractivity contribution in [2.75, 3.05) is 13.2 Å². The standard InChI is InChI=1S/C18H32O2/c1-3-5-7-12-16-19-18(14-10-9-11-15-18)20-17-13-8-6-4-2/h7-8,12-13H,3-6,9-11,14-17H2,1-2H3. The second-order valence-corrected chi connectivity index (χ2v) is 5.61. The monoisotopic (exact) mass is 280 g/mol. The molecule has 1 aliphatic rings. The molecule has 0 bridgehead atoms. The van der Waals surface area contributed by atoms with Crippen molar-refractivity contribution in [2.24, 2.45) is 0 Å². The van der Waals surface area contributed by atoms with E-state index in [-0.39, 0.29) is 5.79 Å². The Morgan fingerprint density at radius 3 is 1.70 bits per heavy atom. The average molecular weight is 280 g/mol. The van der Waals surface area contributed by atoms with Gasteiger partial charge >= 0.3 is 0 Å². The Hall–Kier alpha value is -0.600. The van der Waals surface area contributed by atoms with Crippen LogP contribution >= 0.6 is 0 Å². The first-order chi connectivity index (χ1) is 9.83. The van der Waals surface area contributed by atoms with E-state index in [4.69, 9.17) is 9.47 Å². The van der Waals surface area contributed by atoms with Gasteiger partial charge in [0.05, 0.1) is 13.2 Å². The third-order valence-electron chi connectivity index (χ3n) is 3.74. The normalized spacial score (nSPS) is 19.1. The highest BCUT2D eigenvalue weighted by Gasteiger charge is 2.33. The SMILES string of the molecule is CCCC=CCOC1(OCC=CCCC)CCCCC1. The van der Waals surface area contributed by atoms with Gasteiger partial charge in [-0.3, -0.25) is 0 Å². The minimum atomic E-state index is -0.328. The molecule has 0 N–H and O–H groups in total. The first-order valence-corrected chi connectivity index (χ1v) is 8.41. The number of hydrogen-bond acceptors (Lipinski definition) is 2. The molecule has 116 valence electrons. The van der Waals surface area contributed by atoms with Crippen LogP contribution in [-0.4, -0.2) is 19.0 Å². The third-order valence-corrected chi connectivity index (χ3v) is 3.74. The molecule has 2 nitrogen and oxygen atoms in total. The lowest BCUT2D eigenvalue weighted by Gasteiger charge is -2.36.